The number of hydrogen-bond acceptors (Lipinski definition) is 4. The molecule has 19 heavy (non-hydrogen) atoms. The molecule has 3 N–H and O–H groups in total. The van der Waals surface area contributed by atoms with Gasteiger partial charge in [0.15, 0.2) is 5.69 Å². The van der Waals surface area contributed by atoms with Crippen molar-refractivity contribution < 1.29 is 4.79 Å². The number of H-pyrrole nitrogens is 1. The first kappa shape index (κ1) is 13.2. The molecule has 0 aliphatic heterocycles. The Balaban J connectivity index is 2.23. The van der Waals surface area contributed by atoms with Crippen LogP contribution in [0.3, 0.4) is 0 Å². The van der Waals surface area contributed by atoms with Gasteiger partial charge in [-0.2, -0.15) is 5.10 Å². The summed E-state index contributed by atoms with van der Waals surface area (Å²) in [7, 11) is 0. The standard InChI is InChI=1S/C13H16N4O2/c1-2-14-7-8-15-13(19)11-9-5-3-4-6-10(9)12(18)17-16-11/h3-6,14H,2,7-8H2,1H3,(H,15,19)(H,17,18). The van der Waals surface area contributed by atoms with Gasteiger partial charge in [0.25, 0.3) is 11.5 Å². The number of fused-ring (bicyclic) bond motifs is 1. The van der Waals surface area contributed by atoms with Crippen LogP contribution >= 0.6 is 0 Å². The molecule has 0 unspecified atom stereocenters. The van der Waals surface area contributed by atoms with Gasteiger partial charge in [-0.3, -0.25) is 9.59 Å². The van der Waals surface area contributed by atoms with E-state index >= 15 is 0 Å². The van der Waals surface area contributed by atoms with Crippen LogP contribution in [0, 0.1) is 0 Å². The zero-order valence-electron chi connectivity index (χ0n) is 10.7. The maximum atomic E-state index is 12.0. The lowest BCUT2D eigenvalue weighted by molar-refractivity contribution is 0.0950. The van der Waals surface area contributed by atoms with Crippen LogP contribution in [0.15, 0.2) is 29.1 Å². The van der Waals surface area contributed by atoms with E-state index in [1.807, 2.05) is 6.92 Å². The summed E-state index contributed by atoms with van der Waals surface area (Å²) in [5.41, 5.74) is -0.0495. The van der Waals surface area contributed by atoms with Crippen molar-refractivity contribution in [1.82, 2.24) is 20.8 Å². The normalized spacial score (nSPS) is 10.6. The monoisotopic (exact) mass is 260 g/mol. The second-order valence-corrected chi connectivity index (χ2v) is 4.06. The van der Waals surface area contributed by atoms with Crippen LogP contribution in [0.5, 0.6) is 0 Å². The van der Waals surface area contributed by atoms with E-state index in [0.717, 1.165) is 6.54 Å². The summed E-state index contributed by atoms with van der Waals surface area (Å²) in [5, 5.41) is 13.1. The molecule has 0 radical (unpaired) electrons. The number of amides is 1. The number of nitrogens with one attached hydrogen (secondary N) is 3. The van der Waals surface area contributed by atoms with E-state index in [0.29, 0.717) is 23.9 Å². The van der Waals surface area contributed by atoms with Crippen molar-refractivity contribution in [3.8, 4) is 0 Å². The molecule has 1 amide bonds. The number of rotatable bonds is 5. The van der Waals surface area contributed by atoms with E-state index in [4.69, 9.17) is 0 Å². The predicted molar refractivity (Wildman–Crippen MR) is 73.2 cm³/mol. The number of carbonyl (C=O) groups excluding carboxylic acids is 1. The first-order chi connectivity index (χ1) is 9.24. The SMILES string of the molecule is CCNCCNC(=O)c1n[nH]c(=O)c2ccccc12. The summed E-state index contributed by atoms with van der Waals surface area (Å²) in [6.45, 7) is 4.07. The number of aromatic amines is 1. The van der Waals surface area contributed by atoms with E-state index in [2.05, 4.69) is 20.8 Å². The van der Waals surface area contributed by atoms with Crippen molar-refractivity contribution in [2.24, 2.45) is 0 Å². The van der Waals surface area contributed by atoms with Crippen molar-refractivity contribution in [1.29, 1.82) is 0 Å². The Labute approximate surface area is 110 Å². The van der Waals surface area contributed by atoms with E-state index in [1.165, 1.54) is 0 Å². The van der Waals surface area contributed by atoms with Gasteiger partial charge in [0.1, 0.15) is 0 Å². The Kier molecular flexibility index (Phi) is 4.25. The van der Waals surface area contributed by atoms with Crippen molar-refractivity contribution in [2.45, 2.75) is 6.92 Å². The third-order valence-electron chi connectivity index (χ3n) is 2.75. The largest absolute Gasteiger partial charge is 0.349 e. The average Bonchev–Trinajstić information content (AvgIpc) is 2.44. The molecule has 2 aromatic rings. The van der Waals surface area contributed by atoms with Gasteiger partial charge in [-0.1, -0.05) is 25.1 Å². The second-order valence-electron chi connectivity index (χ2n) is 4.06. The van der Waals surface area contributed by atoms with Crippen LogP contribution in [0.2, 0.25) is 0 Å². The Bertz CT molecular complexity index is 636. The number of hydrogen-bond donors (Lipinski definition) is 3. The molecule has 0 atom stereocenters. The van der Waals surface area contributed by atoms with E-state index in [-0.39, 0.29) is 17.2 Å². The molecule has 0 bridgehead atoms. The van der Waals surface area contributed by atoms with Crippen LogP contribution in [-0.4, -0.2) is 35.7 Å². The van der Waals surface area contributed by atoms with Crippen molar-refractivity contribution in [3.63, 3.8) is 0 Å². The molecule has 0 saturated carbocycles. The minimum atomic E-state index is -0.292. The second kappa shape index (κ2) is 6.10. The highest BCUT2D eigenvalue weighted by atomic mass is 16.2. The summed E-state index contributed by atoms with van der Waals surface area (Å²) < 4.78 is 0. The van der Waals surface area contributed by atoms with Gasteiger partial charge in [-0.15, -0.1) is 0 Å². The van der Waals surface area contributed by atoms with Gasteiger partial charge in [-0.05, 0) is 12.6 Å². The highest BCUT2D eigenvalue weighted by Crippen LogP contribution is 2.11. The number of nitrogens with zero attached hydrogens (tertiary/aromatic N) is 1. The fourth-order valence-electron chi connectivity index (χ4n) is 1.81. The molecule has 0 saturated heterocycles. The molecule has 2 rings (SSSR count). The molecule has 6 heteroatoms. The average molecular weight is 260 g/mol. The van der Waals surface area contributed by atoms with E-state index < -0.39 is 0 Å². The predicted octanol–water partition coefficient (Wildman–Crippen LogP) is 0.262. The Morgan fingerprint density at radius 1 is 1.26 bits per heavy atom. The summed E-state index contributed by atoms with van der Waals surface area (Å²) in [6.07, 6.45) is 0. The van der Waals surface area contributed by atoms with E-state index in [1.54, 1.807) is 24.3 Å². The lowest BCUT2D eigenvalue weighted by atomic mass is 10.1. The Hall–Kier alpha value is -2.21. The molecule has 1 aromatic heterocycles. The van der Waals surface area contributed by atoms with Gasteiger partial charge in [0.05, 0.1) is 5.39 Å². The van der Waals surface area contributed by atoms with Gasteiger partial charge < -0.3 is 10.6 Å². The molecule has 100 valence electrons. The fraction of sp³-hybridized carbons (Fsp3) is 0.308. The van der Waals surface area contributed by atoms with Gasteiger partial charge in [0, 0.05) is 18.5 Å². The number of carbonyl (C=O) groups is 1. The number of benzene rings is 1. The van der Waals surface area contributed by atoms with E-state index in [9.17, 15) is 9.59 Å². The summed E-state index contributed by atoms with van der Waals surface area (Å²) in [4.78, 5) is 23.6. The van der Waals surface area contributed by atoms with Gasteiger partial charge >= 0.3 is 0 Å². The Morgan fingerprint density at radius 2 is 2.00 bits per heavy atom. The van der Waals surface area contributed by atoms with Crippen molar-refractivity contribution in [3.05, 3.63) is 40.3 Å². The third-order valence-corrected chi connectivity index (χ3v) is 2.75. The quantitative estimate of drug-likeness (QED) is 0.673. The molecular weight excluding hydrogens is 244 g/mol. The van der Waals surface area contributed by atoms with Crippen LogP contribution < -0.4 is 16.2 Å². The molecular formula is C13H16N4O2. The minimum absolute atomic E-state index is 0.242. The van der Waals surface area contributed by atoms with Crippen LogP contribution in [0.1, 0.15) is 17.4 Å². The fourth-order valence-corrected chi connectivity index (χ4v) is 1.81. The van der Waals surface area contributed by atoms with Crippen molar-refractivity contribution in [2.75, 3.05) is 19.6 Å². The maximum Gasteiger partial charge on any atom is 0.272 e. The Morgan fingerprint density at radius 3 is 2.74 bits per heavy atom. The van der Waals surface area contributed by atoms with Gasteiger partial charge in [-0.25, -0.2) is 5.10 Å². The van der Waals surface area contributed by atoms with Crippen LogP contribution in [-0.2, 0) is 0 Å². The van der Waals surface area contributed by atoms with Crippen LogP contribution in [0.25, 0.3) is 10.8 Å². The zero-order valence-corrected chi connectivity index (χ0v) is 10.7. The van der Waals surface area contributed by atoms with Gasteiger partial charge in [0.2, 0.25) is 0 Å². The maximum absolute atomic E-state index is 12.0. The molecule has 0 aliphatic carbocycles. The minimum Gasteiger partial charge on any atom is -0.349 e. The topological polar surface area (TPSA) is 86.9 Å². The first-order valence-electron chi connectivity index (χ1n) is 6.20. The third kappa shape index (κ3) is 2.97. The number of likely N-dealkylation sites (N-methyl/N-ethyl adjacent to an activating group) is 1. The molecule has 0 fully saturated rings. The molecule has 1 heterocycles. The summed E-state index contributed by atoms with van der Waals surface area (Å²) in [6, 6.07) is 6.92. The highest BCUT2D eigenvalue weighted by Gasteiger charge is 2.12. The highest BCUT2D eigenvalue weighted by molar-refractivity contribution is 6.04. The van der Waals surface area contributed by atoms with Crippen molar-refractivity contribution >= 4 is 16.7 Å². The molecule has 6 nitrogen and oxygen atoms in total. The van der Waals surface area contributed by atoms with Crippen LogP contribution in [0.4, 0.5) is 0 Å². The summed E-state index contributed by atoms with van der Waals surface area (Å²) in [5.74, 6) is -0.287. The molecule has 0 aliphatic rings. The molecule has 0 spiro atoms. The zero-order chi connectivity index (χ0) is 13.7. The first-order valence-corrected chi connectivity index (χ1v) is 6.20. The smallest absolute Gasteiger partial charge is 0.272 e. The lowest BCUT2D eigenvalue weighted by Gasteiger charge is -2.06. The lowest BCUT2D eigenvalue weighted by Crippen LogP contribution is -2.33. The molecule has 1 aromatic carbocycles. The number of aromatic nitrogens is 2. The summed E-state index contributed by atoms with van der Waals surface area (Å²) >= 11 is 0.